The minimum atomic E-state index is -4.51. The summed E-state index contributed by atoms with van der Waals surface area (Å²) >= 11 is 4.73. The van der Waals surface area contributed by atoms with Gasteiger partial charge in [-0.2, -0.15) is 13.2 Å². The van der Waals surface area contributed by atoms with Crippen molar-refractivity contribution in [2.24, 2.45) is 11.7 Å². The Hall–Kier alpha value is -1.70. The van der Waals surface area contributed by atoms with E-state index in [0.717, 1.165) is 18.3 Å². The van der Waals surface area contributed by atoms with Crippen LogP contribution in [-0.2, 0) is 11.0 Å². The Bertz CT molecular complexity index is 473. The van der Waals surface area contributed by atoms with E-state index in [1.807, 2.05) is 0 Å². The highest BCUT2D eigenvalue weighted by atomic mass is 32.1. The molecule has 0 bridgehead atoms. The largest absolute Gasteiger partial charge is 0.433 e. The average molecular weight is 291 g/mol. The number of hydrogen-bond donors (Lipinski definition) is 2. The van der Waals surface area contributed by atoms with Crippen LogP contribution in [0.25, 0.3) is 0 Å². The normalized spacial score (nSPS) is 12.8. The topological polar surface area (TPSA) is 68.0 Å². The molecule has 1 aromatic heterocycles. The number of thiocarbonyl (C=S) groups is 1. The Labute approximate surface area is 113 Å². The quantitative estimate of drug-likeness (QED) is 0.836. The summed E-state index contributed by atoms with van der Waals surface area (Å²) in [5.41, 5.74) is 4.53. The molecule has 4 nitrogen and oxygen atoms in total. The van der Waals surface area contributed by atoms with E-state index >= 15 is 0 Å². The van der Waals surface area contributed by atoms with Gasteiger partial charge in [-0.25, -0.2) is 4.98 Å². The zero-order chi connectivity index (χ0) is 14.6. The number of amides is 1. The van der Waals surface area contributed by atoms with Crippen molar-refractivity contribution < 1.29 is 18.0 Å². The molecule has 1 atom stereocenters. The van der Waals surface area contributed by atoms with Crippen LogP contribution in [0.2, 0.25) is 0 Å². The van der Waals surface area contributed by atoms with Gasteiger partial charge in [0.2, 0.25) is 5.91 Å². The lowest BCUT2D eigenvalue weighted by Crippen LogP contribution is -2.32. The molecular weight excluding hydrogens is 279 g/mol. The molecular formula is C11H12F3N3OS. The molecule has 0 saturated carbocycles. The van der Waals surface area contributed by atoms with Gasteiger partial charge in [-0.05, 0) is 18.6 Å². The molecule has 0 saturated heterocycles. The van der Waals surface area contributed by atoms with E-state index in [0.29, 0.717) is 6.42 Å². The maximum absolute atomic E-state index is 12.3. The van der Waals surface area contributed by atoms with Gasteiger partial charge in [0, 0.05) is 0 Å². The molecule has 0 aliphatic rings. The van der Waals surface area contributed by atoms with Gasteiger partial charge in [-0.3, -0.25) is 4.79 Å². The van der Waals surface area contributed by atoms with Gasteiger partial charge >= 0.3 is 6.18 Å². The van der Waals surface area contributed by atoms with Gasteiger partial charge in [0.15, 0.2) is 0 Å². The Balaban J connectivity index is 2.78. The van der Waals surface area contributed by atoms with Crippen LogP contribution in [-0.4, -0.2) is 15.9 Å². The molecule has 0 aliphatic heterocycles. The van der Waals surface area contributed by atoms with Crippen molar-refractivity contribution in [1.82, 2.24) is 4.98 Å². The molecule has 0 radical (unpaired) electrons. The lowest BCUT2D eigenvalue weighted by molar-refractivity contribution is -0.141. The minimum absolute atomic E-state index is 0.0415. The number of rotatable bonds is 4. The fourth-order valence-electron chi connectivity index (χ4n) is 1.38. The van der Waals surface area contributed by atoms with Crippen LogP contribution < -0.4 is 11.1 Å². The van der Waals surface area contributed by atoms with Crippen molar-refractivity contribution in [2.45, 2.75) is 19.5 Å². The fraction of sp³-hybridized carbons (Fsp3) is 0.364. The second kappa shape index (κ2) is 5.96. The molecule has 1 rings (SSSR count). The van der Waals surface area contributed by atoms with Crippen LogP contribution >= 0.6 is 12.2 Å². The van der Waals surface area contributed by atoms with Crippen molar-refractivity contribution >= 4 is 28.8 Å². The van der Waals surface area contributed by atoms with Crippen LogP contribution in [0.3, 0.4) is 0 Å². The third-order valence-corrected chi connectivity index (χ3v) is 2.67. The summed E-state index contributed by atoms with van der Waals surface area (Å²) in [5, 5.41) is 2.42. The molecule has 104 valence electrons. The number of carbonyl (C=O) groups is 1. The molecule has 1 heterocycles. The van der Waals surface area contributed by atoms with Crippen LogP contribution in [0, 0.1) is 5.92 Å². The minimum Gasteiger partial charge on any atom is -0.393 e. The van der Waals surface area contributed by atoms with Crippen LogP contribution in [0.4, 0.5) is 18.9 Å². The number of hydrogen-bond acceptors (Lipinski definition) is 3. The van der Waals surface area contributed by atoms with Crippen molar-refractivity contribution in [3.63, 3.8) is 0 Å². The molecule has 0 aromatic carbocycles. The molecule has 0 fully saturated rings. The molecule has 1 unspecified atom stereocenters. The summed E-state index contributed by atoms with van der Waals surface area (Å²) in [4.78, 5) is 15.0. The summed E-state index contributed by atoms with van der Waals surface area (Å²) < 4.78 is 36.9. The van der Waals surface area contributed by atoms with E-state index in [4.69, 9.17) is 18.0 Å². The number of nitrogens with two attached hydrogens (primary N) is 1. The SMILES string of the molecule is CCC(C(=O)Nc1ccc(C(F)(F)F)nc1)C(N)=S. The lowest BCUT2D eigenvalue weighted by atomic mass is 10.1. The Morgan fingerprint density at radius 2 is 2.16 bits per heavy atom. The monoisotopic (exact) mass is 291 g/mol. The number of alkyl halides is 3. The highest BCUT2D eigenvalue weighted by molar-refractivity contribution is 7.80. The van der Waals surface area contributed by atoms with Gasteiger partial charge in [0.1, 0.15) is 5.69 Å². The van der Waals surface area contributed by atoms with Crippen molar-refractivity contribution in [3.05, 3.63) is 24.0 Å². The van der Waals surface area contributed by atoms with Gasteiger partial charge in [-0.15, -0.1) is 0 Å². The highest BCUT2D eigenvalue weighted by Gasteiger charge is 2.32. The van der Waals surface area contributed by atoms with Crippen LogP contribution in [0.5, 0.6) is 0 Å². The molecule has 19 heavy (non-hydrogen) atoms. The van der Waals surface area contributed by atoms with Gasteiger partial charge in [-0.1, -0.05) is 19.1 Å². The number of nitrogens with zero attached hydrogens (tertiary/aromatic N) is 1. The average Bonchev–Trinajstić information content (AvgIpc) is 2.28. The number of nitrogens with one attached hydrogen (secondary N) is 1. The maximum atomic E-state index is 12.3. The molecule has 0 spiro atoms. The number of carbonyl (C=O) groups excluding carboxylic acids is 1. The van der Waals surface area contributed by atoms with Crippen molar-refractivity contribution in [3.8, 4) is 0 Å². The Morgan fingerprint density at radius 1 is 1.53 bits per heavy atom. The van der Waals surface area contributed by atoms with E-state index < -0.39 is 23.7 Å². The number of aromatic nitrogens is 1. The molecule has 1 aromatic rings. The molecule has 0 aliphatic carbocycles. The predicted octanol–water partition coefficient (Wildman–Crippen LogP) is 2.35. The molecule has 1 amide bonds. The summed E-state index contributed by atoms with van der Waals surface area (Å²) in [6.07, 6.45) is -3.16. The van der Waals surface area contributed by atoms with Crippen LogP contribution in [0.1, 0.15) is 19.0 Å². The van der Waals surface area contributed by atoms with E-state index in [9.17, 15) is 18.0 Å². The zero-order valence-electron chi connectivity index (χ0n) is 9.99. The first-order chi connectivity index (χ1) is 8.75. The second-order valence-electron chi connectivity index (χ2n) is 3.78. The third kappa shape index (κ3) is 4.16. The summed E-state index contributed by atoms with van der Waals surface area (Å²) in [5.74, 6) is -1.12. The summed E-state index contributed by atoms with van der Waals surface area (Å²) in [6, 6.07) is 1.91. The van der Waals surface area contributed by atoms with E-state index in [-0.39, 0.29) is 10.7 Å². The van der Waals surface area contributed by atoms with Crippen molar-refractivity contribution in [2.75, 3.05) is 5.32 Å². The first kappa shape index (κ1) is 15.4. The Kier molecular flexibility index (Phi) is 4.82. The highest BCUT2D eigenvalue weighted by Crippen LogP contribution is 2.27. The molecule has 8 heteroatoms. The summed E-state index contributed by atoms with van der Waals surface area (Å²) in [7, 11) is 0. The number of anilines is 1. The van der Waals surface area contributed by atoms with Crippen molar-refractivity contribution in [1.29, 1.82) is 0 Å². The van der Waals surface area contributed by atoms with Crippen LogP contribution in [0.15, 0.2) is 18.3 Å². The smallest absolute Gasteiger partial charge is 0.393 e. The molecule has 3 N–H and O–H groups in total. The first-order valence-electron chi connectivity index (χ1n) is 5.39. The predicted molar refractivity (Wildman–Crippen MR) is 68.4 cm³/mol. The van der Waals surface area contributed by atoms with E-state index in [1.54, 1.807) is 6.92 Å². The lowest BCUT2D eigenvalue weighted by Gasteiger charge is -2.13. The number of pyridine rings is 1. The van der Waals surface area contributed by atoms with E-state index in [1.165, 1.54) is 0 Å². The van der Waals surface area contributed by atoms with E-state index in [2.05, 4.69) is 10.3 Å². The maximum Gasteiger partial charge on any atom is 0.433 e. The third-order valence-electron chi connectivity index (χ3n) is 2.39. The fourth-order valence-corrected chi connectivity index (χ4v) is 1.65. The Morgan fingerprint density at radius 3 is 2.53 bits per heavy atom. The zero-order valence-corrected chi connectivity index (χ0v) is 10.8. The first-order valence-corrected chi connectivity index (χ1v) is 5.80. The summed E-state index contributed by atoms with van der Waals surface area (Å²) in [6.45, 7) is 1.73. The van der Waals surface area contributed by atoms with Gasteiger partial charge in [0.05, 0.1) is 22.8 Å². The standard InChI is InChI=1S/C11H12F3N3OS/c1-2-7(9(15)19)10(18)17-6-3-4-8(16-5-6)11(12,13)14/h3-5,7H,2H2,1H3,(H2,15,19)(H,17,18). The second-order valence-corrected chi connectivity index (χ2v) is 4.25. The van der Waals surface area contributed by atoms with Gasteiger partial charge < -0.3 is 11.1 Å². The van der Waals surface area contributed by atoms with Gasteiger partial charge in [0.25, 0.3) is 0 Å². The number of halogens is 3.